The molecule has 0 bridgehead atoms. The smallest absolute Gasteiger partial charge is 0.224 e. The van der Waals surface area contributed by atoms with Gasteiger partial charge in [0, 0.05) is 26.1 Å². The minimum Gasteiger partial charge on any atom is -0.378 e. The third kappa shape index (κ3) is 5.12. The van der Waals surface area contributed by atoms with Gasteiger partial charge in [0.25, 0.3) is 0 Å². The Morgan fingerprint density at radius 3 is 2.75 bits per heavy atom. The van der Waals surface area contributed by atoms with Crippen LogP contribution in [0.15, 0.2) is 0 Å². The van der Waals surface area contributed by atoms with Crippen molar-refractivity contribution in [2.24, 2.45) is 5.92 Å². The molecule has 2 fully saturated rings. The first-order valence-corrected chi connectivity index (χ1v) is 7.91. The third-order valence-corrected chi connectivity index (χ3v) is 4.16. The summed E-state index contributed by atoms with van der Waals surface area (Å²) in [6, 6.07) is 0. The van der Waals surface area contributed by atoms with Crippen LogP contribution in [0, 0.1) is 5.92 Å². The molecule has 1 unspecified atom stereocenters. The van der Waals surface area contributed by atoms with E-state index in [2.05, 4.69) is 10.6 Å². The molecule has 20 heavy (non-hydrogen) atoms. The SMILES string of the molecule is O=C1CCC(C(=O)NCCCOC2CCCCC2)CN1. The molecule has 0 aromatic carbocycles. The van der Waals surface area contributed by atoms with Crippen molar-refractivity contribution < 1.29 is 14.3 Å². The summed E-state index contributed by atoms with van der Waals surface area (Å²) in [6.45, 7) is 1.87. The molecule has 0 aromatic rings. The fourth-order valence-electron chi connectivity index (χ4n) is 2.87. The molecule has 1 saturated carbocycles. The number of piperidine rings is 1. The average molecular weight is 282 g/mol. The van der Waals surface area contributed by atoms with Gasteiger partial charge in [-0.15, -0.1) is 0 Å². The summed E-state index contributed by atoms with van der Waals surface area (Å²) in [5, 5.41) is 5.67. The van der Waals surface area contributed by atoms with Crippen LogP contribution in [0.1, 0.15) is 51.4 Å². The second-order valence-corrected chi connectivity index (χ2v) is 5.82. The lowest BCUT2D eigenvalue weighted by atomic mass is 9.98. The summed E-state index contributed by atoms with van der Waals surface area (Å²) in [7, 11) is 0. The zero-order valence-corrected chi connectivity index (χ0v) is 12.2. The van der Waals surface area contributed by atoms with E-state index in [1.807, 2.05) is 0 Å². The van der Waals surface area contributed by atoms with E-state index in [1.165, 1.54) is 32.1 Å². The first-order chi connectivity index (χ1) is 9.75. The molecular weight excluding hydrogens is 256 g/mol. The normalized spacial score (nSPS) is 24.2. The van der Waals surface area contributed by atoms with Crippen LogP contribution in [0.4, 0.5) is 0 Å². The number of carbonyl (C=O) groups is 2. The molecular formula is C15H26N2O3. The Morgan fingerprint density at radius 1 is 1.25 bits per heavy atom. The first kappa shape index (κ1) is 15.3. The van der Waals surface area contributed by atoms with E-state index in [4.69, 9.17) is 4.74 Å². The van der Waals surface area contributed by atoms with Crippen molar-refractivity contribution in [3.05, 3.63) is 0 Å². The lowest BCUT2D eigenvalue weighted by Gasteiger charge is -2.23. The molecule has 2 rings (SSSR count). The van der Waals surface area contributed by atoms with Crippen LogP contribution in [0.2, 0.25) is 0 Å². The summed E-state index contributed by atoms with van der Waals surface area (Å²) in [6.07, 6.45) is 8.72. The van der Waals surface area contributed by atoms with Gasteiger partial charge >= 0.3 is 0 Å². The van der Waals surface area contributed by atoms with Crippen molar-refractivity contribution in [2.75, 3.05) is 19.7 Å². The molecule has 114 valence electrons. The molecule has 1 atom stereocenters. The highest BCUT2D eigenvalue weighted by Crippen LogP contribution is 2.20. The average Bonchev–Trinajstić information content (AvgIpc) is 2.48. The highest BCUT2D eigenvalue weighted by molar-refractivity contribution is 5.83. The van der Waals surface area contributed by atoms with Crippen molar-refractivity contribution in [1.82, 2.24) is 10.6 Å². The second-order valence-electron chi connectivity index (χ2n) is 5.82. The maximum atomic E-state index is 11.9. The number of hydrogen-bond donors (Lipinski definition) is 2. The largest absolute Gasteiger partial charge is 0.378 e. The van der Waals surface area contributed by atoms with Gasteiger partial charge in [-0.3, -0.25) is 9.59 Å². The molecule has 2 amide bonds. The van der Waals surface area contributed by atoms with Gasteiger partial charge in [0.05, 0.1) is 12.0 Å². The standard InChI is InChI=1S/C15H26N2O3/c18-14-8-7-12(11-17-14)15(19)16-9-4-10-20-13-5-2-1-3-6-13/h12-13H,1-11H2,(H,16,19)(H,17,18). The fraction of sp³-hybridized carbons (Fsp3) is 0.867. The fourth-order valence-corrected chi connectivity index (χ4v) is 2.87. The van der Waals surface area contributed by atoms with Gasteiger partial charge in [-0.1, -0.05) is 19.3 Å². The molecule has 5 heteroatoms. The molecule has 2 aliphatic rings. The summed E-state index contributed by atoms with van der Waals surface area (Å²) >= 11 is 0. The van der Waals surface area contributed by atoms with Crippen molar-refractivity contribution in [1.29, 1.82) is 0 Å². The van der Waals surface area contributed by atoms with E-state index in [1.54, 1.807) is 0 Å². The zero-order valence-electron chi connectivity index (χ0n) is 12.2. The van der Waals surface area contributed by atoms with Gasteiger partial charge in [0.2, 0.25) is 11.8 Å². The van der Waals surface area contributed by atoms with Crippen molar-refractivity contribution in [3.8, 4) is 0 Å². The third-order valence-electron chi connectivity index (χ3n) is 4.16. The van der Waals surface area contributed by atoms with Gasteiger partial charge in [0.1, 0.15) is 0 Å². The Labute approximate surface area is 120 Å². The topological polar surface area (TPSA) is 67.4 Å². The Morgan fingerprint density at radius 2 is 2.05 bits per heavy atom. The van der Waals surface area contributed by atoms with Crippen LogP contribution < -0.4 is 10.6 Å². The molecule has 1 aliphatic carbocycles. The highest BCUT2D eigenvalue weighted by atomic mass is 16.5. The van der Waals surface area contributed by atoms with Crippen molar-refractivity contribution in [2.45, 2.75) is 57.5 Å². The van der Waals surface area contributed by atoms with Gasteiger partial charge < -0.3 is 15.4 Å². The number of hydrogen-bond acceptors (Lipinski definition) is 3. The number of ether oxygens (including phenoxy) is 1. The van der Waals surface area contributed by atoms with Gasteiger partial charge in [-0.2, -0.15) is 0 Å². The molecule has 0 aromatic heterocycles. The van der Waals surface area contributed by atoms with Crippen LogP contribution in [-0.2, 0) is 14.3 Å². The maximum absolute atomic E-state index is 11.9. The second kappa shape index (κ2) is 8.25. The number of rotatable bonds is 6. The molecule has 1 saturated heterocycles. The van der Waals surface area contributed by atoms with Gasteiger partial charge in [-0.25, -0.2) is 0 Å². The van der Waals surface area contributed by atoms with E-state index >= 15 is 0 Å². The van der Waals surface area contributed by atoms with Crippen LogP contribution >= 0.6 is 0 Å². The summed E-state index contributed by atoms with van der Waals surface area (Å²) in [4.78, 5) is 22.9. The van der Waals surface area contributed by atoms with Crippen LogP contribution in [0.25, 0.3) is 0 Å². The Bertz CT molecular complexity index is 317. The summed E-state index contributed by atoms with van der Waals surface area (Å²) in [5.41, 5.74) is 0. The van der Waals surface area contributed by atoms with Gasteiger partial charge in [0.15, 0.2) is 0 Å². The monoisotopic (exact) mass is 282 g/mol. The quantitative estimate of drug-likeness (QED) is 0.723. The number of nitrogens with one attached hydrogen (secondary N) is 2. The maximum Gasteiger partial charge on any atom is 0.224 e. The molecule has 2 N–H and O–H groups in total. The van der Waals surface area contributed by atoms with E-state index in [0.29, 0.717) is 32.0 Å². The van der Waals surface area contributed by atoms with E-state index in [9.17, 15) is 9.59 Å². The Hall–Kier alpha value is -1.10. The van der Waals surface area contributed by atoms with E-state index < -0.39 is 0 Å². The van der Waals surface area contributed by atoms with Crippen LogP contribution in [0.5, 0.6) is 0 Å². The minimum absolute atomic E-state index is 0.0509. The lowest BCUT2D eigenvalue weighted by molar-refractivity contribution is -0.128. The predicted octanol–water partition coefficient (Wildman–Crippen LogP) is 1.37. The van der Waals surface area contributed by atoms with Crippen molar-refractivity contribution >= 4 is 11.8 Å². The molecule has 0 radical (unpaired) electrons. The highest BCUT2D eigenvalue weighted by Gasteiger charge is 2.23. The van der Waals surface area contributed by atoms with Gasteiger partial charge in [-0.05, 0) is 25.7 Å². The molecule has 1 heterocycles. The Kier molecular flexibility index (Phi) is 6.30. The number of amides is 2. The predicted molar refractivity (Wildman–Crippen MR) is 76.2 cm³/mol. The molecule has 1 aliphatic heterocycles. The number of carbonyl (C=O) groups excluding carboxylic acids is 2. The lowest BCUT2D eigenvalue weighted by Crippen LogP contribution is -2.43. The molecule has 0 spiro atoms. The van der Waals surface area contributed by atoms with E-state index in [0.717, 1.165) is 13.0 Å². The first-order valence-electron chi connectivity index (χ1n) is 7.91. The zero-order chi connectivity index (χ0) is 14.2. The Balaban J connectivity index is 1.50. The van der Waals surface area contributed by atoms with Crippen LogP contribution in [-0.4, -0.2) is 37.6 Å². The van der Waals surface area contributed by atoms with Crippen molar-refractivity contribution in [3.63, 3.8) is 0 Å². The minimum atomic E-state index is -0.0630. The summed E-state index contributed by atoms with van der Waals surface area (Å²) < 4.78 is 5.82. The molecule has 5 nitrogen and oxygen atoms in total. The van der Waals surface area contributed by atoms with Crippen LogP contribution in [0.3, 0.4) is 0 Å². The van der Waals surface area contributed by atoms with E-state index in [-0.39, 0.29) is 17.7 Å². The summed E-state index contributed by atoms with van der Waals surface area (Å²) in [5.74, 6) is 0.0459.